The number of sulfonamides is 1. The van der Waals surface area contributed by atoms with Gasteiger partial charge in [0.25, 0.3) is 0 Å². The number of carbonyl (C=O) groups excluding carboxylic acids is 1. The van der Waals surface area contributed by atoms with E-state index in [4.69, 9.17) is 4.74 Å². The highest BCUT2D eigenvalue weighted by atomic mass is 32.2. The molecule has 4 aromatic carbocycles. The predicted octanol–water partition coefficient (Wildman–Crippen LogP) is 5.88. The Hall–Kier alpha value is -3.72. The van der Waals surface area contributed by atoms with Crippen LogP contribution in [0, 0.1) is 0 Å². The van der Waals surface area contributed by atoms with Crippen LogP contribution >= 0.6 is 0 Å². The molecule has 42 heavy (non-hydrogen) atoms. The van der Waals surface area contributed by atoms with Crippen molar-refractivity contribution in [2.45, 2.75) is 55.6 Å². The highest BCUT2D eigenvalue weighted by molar-refractivity contribution is 7.89. The van der Waals surface area contributed by atoms with Crippen LogP contribution in [0.5, 0.6) is 5.75 Å². The van der Waals surface area contributed by atoms with Crippen LogP contribution in [-0.4, -0.2) is 38.9 Å². The normalized spacial score (nSPS) is 18.1. The van der Waals surface area contributed by atoms with Crippen molar-refractivity contribution in [2.24, 2.45) is 0 Å². The maximum absolute atomic E-state index is 13.5. The van der Waals surface area contributed by atoms with Gasteiger partial charge in [-0.1, -0.05) is 73.2 Å². The zero-order chi connectivity index (χ0) is 28.9. The van der Waals surface area contributed by atoms with Crippen LogP contribution in [-0.2, 0) is 21.4 Å². The second-order valence-corrected chi connectivity index (χ2v) is 13.0. The van der Waals surface area contributed by atoms with Crippen molar-refractivity contribution in [3.63, 3.8) is 0 Å². The van der Waals surface area contributed by atoms with Crippen LogP contribution in [0.25, 0.3) is 10.8 Å². The molecule has 1 saturated heterocycles. The number of hydrogen-bond acceptors (Lipinski definition) is 5. The minimum absolute atomic E-state index is 0.0308. The fraction of sp³-hybridized carbons (Fsp3) is 0.324. The second-order valence-electron chi connectivity index (χ2n) is 11.3. The molecule has 2 aliphatic rings. The van der Waals surface area contributed by atoms with Gasteiger partial charge >= 0.3 is 0 Å². The number of ether oxygens (including phenoxy) is 1. The van der Waals surface area contributed by atoms with E-state index < -0.39 is 16.1 Å². The molecule has 2 N–H and O–H groups in total. The van der Waals surface area contributed by atoms with E-state index in [0.29, 0.717) is 13.0 Å². The smallest absolute Gasteiger partial charge is 0.241 e. The average Bonchev–Trinajstić information content (AvgIpc) is 3.01. The summed E-state index contributed by atoms with van der Waals surface area (Å²) in [6.07, 6.45) is 4.40. The number of amides is 1. The van der Waals surface area contributed by atoms with Crippen molar-refractivity contribution >= 4 is 26.7 Å². The molecule has 2 unspecified atom stereocenters. The number of carbonyl (C=O) groups is 1. The Kier molecular flexibility index (Phi) is 8.55. The molecule has 218 valence electrons. The molecule has 2 aliphatic heterocycles. The summed E-state index contributed by atoms with van der Waals surface area (Å²) in [7, 11) is -3.90. The van der Waals surface area contributed by atoms with E-state index in [1.807, 2.05) is 60.7 Å². The maximum atomic E-state index is 13.5. The molecule has 0 saturated carbocycles. The monoisotopic (exact) mass is 583 g/mol. The molecule has 8 heteroatoms. The first-order chi connectivity index (χ1) is 20.4. The van der Waals surface area contributed by atoms with Gasteiger partial charge in [0.15, 0.2) is 0 Å². The summed E-state index contributed by atoms with van der Waals surface area (Å²) in [5.41, 5.74) is 2.93. The molecule has 6 rings (SSSR count). The van der Waals surface area contributed by atoms with Crippen LogP contribution in [0.4, 0.5) is 0 Å². The molecular weight excluding hydrogens is 546 g/mol. The fourth-order valence-electron chi connectivity index (χ4n) is 6.01. The second kappa shape index (κ2) is 12.7. The van der Waals surface area contributed by atoms with Gasteiger partial charge < -0.3 is 10.1 Å². The molecule has 0 bridgehead atoms. The van der Waals surface area contributed by atoms with Gasteiger partial charge in [0, 0.05) is 24.9 Å². The minimum Gasteiger partial charge on any atom is -0.493 e. The summed E-state index contributed by atoms with van der Waals surface area (Å²) >= 11 is 0. The van der Waals surface area contributed by atoms with Gasteiger partial charge in [0.2, 0.25) is 15.9 Å². The Bertz CT molecular complexity index is 1650. The van der Waals surface area contributed by atoms with E-state index in [1.165, 1.54) is 24.8 Å². The maximum Gasteiger partial charge on any atom is 0.241 e. The molecule has 2 heterocycles. The van der Waals surface area contributed by atoms with Gasteiger partial charge in [0.1, 0.15) is 5.75 Å². The van der Waals surface area contributed by atoms with E-state index in [0.717, 1.165) is 47.3 Å². The van der Waals surface area contributed by atoms with Crippen molar-refractivity contribution in [2.75, 3.05) is 19.7 Å². The first-order valence-corrected chi connectivity index (χ1v) is 16.3. The lowest BCUT2D eigenvalue weighted by atomic mass is 9.97. The highest BCUT2D eigenvalue weighted by Gasteiger charge is 2.28. The summed E-state index contributed by atoms with van der Waals surface area (Å²) in [6.45, 7) is 3.63. The van der Waals surface area contributed by atoms with Gasteiger partial charge in [-0.15, -0.1) is 0 Å². The number of likely N-dealkylation sites (tertiary alicyclic amines) is 1. The third-order valence-electron chi connectivity index (χ3n) is 8.22. The third-order valence-corrected chi connectivity index (χ3v) is 9.69. The number of nitrogens with zero attached hydrogens (tertiary/aromatic N) is 1. The number of piperidine rings is 1. The average molecular weight is 584 g/mol. The van der Waals surface area contributed by atoms with Crippen molar-refractivity contribution < 1.29 is 17.9 Å². The molecule has 4 aromatic rings. The number of nitrogens with one attached hydrogen (secondary N) is 2. The minimum atomic E-state index is -3.90. The Morgan fingerprint density at radius 3 is 2.45 bits per heavy atom. The molecule has 1 amide bonds. The number of benzene rings is 4. The summed E-state index contributed by atoms with van der Waals surface area (Å²) < 4.78 is 35.8. The van der Waals surface area contributed by atoms with Gasteiger partial charge in [-0.05, 0) is 72.1 Å². The third kappa shape index (κ3) is 6.67. The van der Waals surface area contributed by atoms with Gasteiger partial charge in [-0.3, -0.25) is 9.69 Å². The number of fused-ring (bicyclic) bond motifs is 2. The topological polar surface area (TPSA) is 87.7 Å². The molecule has 0 aliphatic carbocycles. The largest absolute Gasteiger partial charge is 0.493 e. The Morgan fingerprint density at radius 2 is 1.64 bits per heavy atom. The van der Waals surface area contributed by atoms with Gasteiger partial charge in [-0.2, -0.15) is 0 Å². The summed E-state index contributed by atoms with van der Waals surface area (Å²) in [5, 5.41) is 4.99. The van der Waals surface area contributed by atoms with E-state index in [9.17, 15) is 13.2 Å². The predicted molar refractivity (Wildman–Crippen MR) is 165 cm³/mol. The molecule has 2 atom stereocenters. The van der Waals surface area contributed by atoms with Crippen LogP contribution in [0.3, 0.4) is 0 Å². The van der Waals surface area contributed by atoms with Crippen molar-refractivity contribution in [3.05, 3.63) is 108 Å². The number of hydrogen-bond donors (Lipinski definition) is 2. The SMILES string of the molecule is O=C(CC(NS(=O)(=O)c1ccc2ccccc2c1)c1ccccc1)NC1CCOc2ccc(CN3CCCCC3)cc21. The lowest BCUT2D eigenvalue weighted by molar-refractivity contribution is -0.122. The van der Waals surface area contributed by atoms with Crippen LogP contribution in [0.2, 0.25) is 0 Å². The lowest BCUT2D eigenvalue weighted by Crippen LogP contribution is -2.36. The van der Waals surface area contributed by atoms with Crippen LogP contribution < -0.4 is 14.8 Å². The van der Waals surface area contributed by atoms with E-state index in [1.54, 1.807) is 18.2 Å². The van der Waals surface area contributed by atoms with E-state index >= 15 is 0 Å². The molecule has 0 radical (unpaired) electrons. The molecule has 0 aromatic heterocycles. The standard InChI is InChI=1S/C34H37N3O4S/c38-34(35-31-17-20-41-33-16-13-25(21-30(31)33)24-37-18-7-2-8-19-37)23-32(27-10-3-1-4-11-27)36-42(39,40)29-15-14-26-9-5-6-12-28(26)22-29/h1,3-6,9-16,21-22,31-32,36H,2,7-8,17-20,23-24H2,(H,35,38). The van der Waals surface area contributed by atoms with Crippen LogP contribution in [0.1, 0.15) is 60.9 Å². The summed E-state index contributed by atoms with van der Waals surface area (Å²) in [6, 6.07) is 27.3. The highest BCUT2D eigenvalue weighted by Crippen LogP contribution is 2.34. The Morgan fingerprint density at radius 1 is 0.881 bits per heavy atom. The van der Waals surface area contributed by atoms with Crippen molar-refractivity contribution in [1.29, 1.82) is 0 Å². The molecule has 1 fully saturated rings. The Balaban J connectivity index is 1.19. The Labute approximate surface area is 247 Å². The van der Waals surface area contributed by atoms with Gasteiger partial charge in [-0.25, -0.2) is 13.1 Å². The van der Waals surface area contributed by atoms with E-state index in [2.05, 4.69) is 27.1 Å². The van der Waals surface area contributed by atoms with Crippen molar-refractivity contribution in [3.8, 4) is 5.75 Å². The quantitative estimate of drug-likeness (QED) is 0.257. The number of rotatable bonds is 9. The zero-order valence-corrected chi connectivity index (χ0v) is 24.5. The molecule has 0 spiro atoms. The van der Waals surface area contributed by atoms with Crippen molar-refractivity contribution in [1.82, 2.24) is 14.9 Å². The lowest BCUT2D eigenvalue weighted by Gasteiger charge is -2.30. The molecule has 7 nitrogen and oxygen atoms in total. The van der Waals surface area contributed by atoms with Gasteiger partial charge in [0.05, 0.1) is 23.6 Å². The van der Waals surface area contributed by atoms with Crippen LogP contribution in [0.15, 0.2) is 95.9 Å². The summed E-state index contributed by atoms with van der Waals surface area (Å²) in [5.74, 6) is 0.579. The summed E-state index contributed by atoms with van der Waals surface area (Å²) in [4.78, 5) is 16.2. The fourth-order valence-corrected chi connectivity index (χ4v) is 7.27. The first-order valence-electron chi connectivity index (χ1n) is 14.8. The van der Waals surface area contributed by atoms with E-state index in [-0.39, 0.29) is 23.3 Å². The first kappa shape index (κ1) is 28.4. The zero-order valence-electron chi connectivity index (χ0n) is 23.7. The molecular formula is C34H37N3O4S.